The number of amides is 3. The zero-order chi connectivity index (χ0) is 22.9. The number of hydrogen-bond acceptors (Lipinski definition) is 4. The van der Waals surface area contributed by atoms with Gasteiger partial charge in [0.1, 0.15) is 5.60 Å². The van der Waals surface area contributed by atoms with Crippen molar-refractivity contribution in [2.24, 2.45) is 5.92 Å². The van der Waals surface area contributed by atoms with Gasteiger partial charge in [0.2, 0.25) is 0 Å². The second kappa shape index (κ2) is 9.48. The van der Waals surface area contributed by atoms with Gasteiger partial charge in [0, 0.05) is 49.8 Å². The highest BCUT2D eigenvalue weighted by Crippen LogP contribution is 2.36. The fourth-order valence-corrected chi connectivity index (χ4v) is 5.11. The molecule has 0 aliphatic carbocycles. The van der Waals surface area contributed by atoms with Gasteiger partial charge in [0.05, 0.1) is 12.6 Å². The Morgan fingerprint density at radius 3 is 2.59 bits per heavy atom. The van der Waals surface area contributed by atoms with Crippen molar-refractivity contribution in [2.45, 2.75) is 57.7 Å². The monoisotopic (exact) mass is 463 g/mol. The van der Waals surface area contributed by atoms with Gasteiger partial charge in [-0.05, 0) is 57.7 Å². The minimum atomic E-state index is -0.513. The van der Waals surface area contributed by atoms with Crippen molar-refractivity contribution in [1.82, 2.24) is 14.7 Å². The third kappa shape index (κ3) is 5.31. The summed E-state index contributed by atoms with van der Waals surface area (Å²) < 4.78 is 11.0. The molecule has 0 bridgehead atoms. The van der Waals surface area contributed by atoms with Gasteiger partial charge in [-0.15, -0.1) is 0 Å². The first-order valence-corrected chi connectivity index (χ1v) is 12.0. The molecule has 3 aliphatic heterocycles. The Bertz CT molecular complexity index is 829. The maximum atomic E-state index is 13.5. The van der Waals surface area contributed by atoms with Gasteiger partial charge in [-0.25, -0.2) is 9.59 Å². The molecule has 0 radical (unpaired) electrons. The molecule has 3 aliphatic rings. The lowest BCUT2D eigenvalue weighted by atomic mass is 9.99. The first-order chi connectivity index (χ1) is 15.2. The molecule has 0 aromatic heterocycles. The lowest BCUT2D eigenvalue weighted by Gasteiger charge is -2.39. The summed E-state index contributed by atoms with van der Waals surface area (Å²) in [4.78, 5) is 31.8. The van der Waals surface area contributed by atoms with Crippen molar-refractivity contribution in [3.8, 4) is 0 Å². The molecule has 32 heavy (non-hydrogen) atoms. The Hall–Kier alpha value is -1.99. The number of likely N-dealkylation sites (tertiary alicyclic amines) is 1. The van der Waals surface area contributed by atoms with E-state index in [1.165, 1.54) is 0 Å². The van der Waals surface area contributed by atoms with Crippen LogP contribution in [0.25, 0.3) is 0 Å². The molecule has 1 aromatic rings. The highest BCUT2D eigenvalue weighted by Gasteiger charge is 2.44. The molecular formula is C24H34ClN3O4. The fourth-order valence-electron chi connectivity index (χ4n) is 4.91. The van der Waals surface area contributed by atoms with Gasteiger partial charge < -0.3 is 24.2 Å². The van der Waals surface area contributed by atoms with Crippen LogP contribution in [0.15, 0.2) is 24.3 Å². The van der Waals surface area contributed by atoms with E-state index in [2.05, 4.69) is 6.07 Å². The number of carbonyl (C=O) groups excluding carboxylic acids is 2. The number of benzene rings is 1. The van der Waals surface area contributed by atoms with Crippen LogP contribution in [-0.2, 0) is 9.47 Å². The maximum absolute atomic E-state index is 13.5. The molecule has 0 saturated carbocycles. The second-order valence-electron chi connectivity index (χ2n) is 10.1. The van der Waals surface area contributed by atoms with Gasteiger partial charge in [-0.1, -0.05) is 23.7 Å². The molecular weight excluding hydrogens is 430 g/mol. The van der Waals surface area contributed by atoms with E-state index in [4.69, 9.17) is 21.1 Å². The molecule has 3 saturated heterocycles. The van der Waals surface area contributed by atoms with Crippen LogP contribution in [0.5, 0.6) is 0 Å². The van der Waals surface area contributed by atoms with Crippen LogP contribution in [0.1, 0.15) is 51.6 Å². The molecule has 0 N–H and O–H groups in total. The standard InChI is InChI=1S/C24H34ClN3O4/c1-24(2,3)32-23(30)26-10-7-20(8-11-26)28-21(18-5-4-6-19(25)13-18)15-27(22(28)29)14-17-9-12-31-16-17/h4-6,13,17,20-21H,7-12,14-16H2,1-3H3. The quantitative estimate of drug-likeness (QED) is 0.656. The number of ether oxygens (including phenoxy) is 2. The van der Waals surface area contributed by atoms with Crippen molar-refractivity contribution < 1.29 is 19.1 Å². The number of urea groups is 1. The number of piperidine rings is 1. The first kappa shape index (κ1) is 23.2. The molecule has 2 atom stereocenters. The average molecular weight is 464 g/mol. The Morgan fingerprint density at radius 2 is 1.97 bits per heavy atom. The Balaban J connectivity index is 1.48. The van der Waals surface area contributed by atoms with E-state index in [9.17, 15) is 9.59 Å². The van der Waals surface area contributed by atoms with Crippen molar-refractivity contribution in [3.05, 3.63) is 34.9 Å². The summed E-state index contributed by atoms with van der Waals surface area (Å²) in [5, 5.41) is 0.678. The number of carbonyl (C=O) groups is 2. The van der Waals surface area contributed by atoms with Crippen LogP contribution in [0, 0.1) is 5.92 Å². The van der Waals surface area contributed by atoms with E-state index in [1.54, 1.807) is 4.90 Å². The number of nitrogens with zero attached hydrogens (tertiary/aromatic N) is 3. The second-order valence-corrected chi connectivity index (χ2v) is 10.5. The van der Waals surface area contributed by atoms with E-state index in [0.29, 0.717) is 30.6 Å². The van der Waals surface area contributed by atoms with E-state index >= 15 is 0 Å². The molecule has 4 rings (SSSR count). The summed E-state index contributed by atoms with van der Waals surface area (Å²) in [6.07, 6.45) is 2.20. The van der Waals surface area contributed by atoms with Crippen LogP contribution in [0.3, 0.4) is 0 Å². The van der Waals surface area contributed by atoms with E-state index in [0.717, 1.165) is 44.6 Å². The van der Waals surface area contributed by atoms with E-state index < -0.39 is 5.60 Å². The molecule has 7 nitrogen and oxygen atoms in total. The summed E-state index contributed by atoms with van der Waals surface area (Å²) in [7, 11) is 0. The third-order valence-corrected chi connectivity index (χ3v) is 6.70. The lowest BCUT2D eigenvalue weighted by molar-refractivity contribution is 0.0157. The largest absolute Gasteiger partial charge is 0.444 e. The van der Waals surface area contributed by atoms with Crippen LogP contribution in [0.4, 0.5) is 9.59 Å². The van der Waals surface area contributed by atoms with Crippen molar-refractivity contribution in [3.63, 3.8) is 0 Å². The predicted octanol–water partition coefficient (Wildman–Crippen LogP) is 4.55. The van der Waals surface area contributed by atoms with E-state index in [1.807, 2.05) is 48.8 Å². The average Bonchev–Trinajstić information content (AvgIpc) is 3.35. The minimum absolute atomic E-state index is 0.0402. The van der Waals surface area contributed by atoms with Crippen LogP contribution in [0.2, 0.25) is 5.02 Å². The zero-order valence-electron chi connectivity index (χ0n) is 19.3. The molecule has 3 fully saturated rings. The summed E-state index contributed by atoms with van der Waals surface area (Å²) in [6, 6.07) is 7.94. The van der Waals surface area contributed by atoms with Gasteiger partial charge in [-0.3, -0.25) is 0 Å². The predicted molar refractivity (Wildman–Crippen MR) is 123 cm³/mol. The Morgan fingerprint density at radius 1 is 1.22 bits per heavy atom. The highest BCUT2D eigenvalue weighted by molar-refractivity contribution is 6.30. The topological polar surface area (TPSA) is 62.3 Å². The molecule has 3 heterocycles. The number of hydrogen-bond donors (Lipinski definition) is 0. The SMILES string of the molecule is CC(C)(C)OC(=O)N1CCC(N2C(=O)N(CC3CCOC3)CC2c2cccc(Cl)c2)CC1. The van der Waals surface area contributed by atoms with Crippen molar-refractivity contribution in [1.29, 1.82) is 0 Å². The van der Waals surface area contributed by atoms with Crippen molar-refractivity contribution in [2.75, 3.05) is 39.4 Å². The lowest BCUT2D eigenvalue weighted by Crippen LogP contribution is -2.49. The molecule has 3 amide bonds. The normalized spacial score (nSPS) is 25.0. The molecule has 1 aromatic carbocycles. The maximum Gasteiger partial charge on any atom is 0.410 e. The molecule has 176 valence electrons. The van der Waals surface area contributed by atoms with Gasteiger partial charge in [0.25, 0.3) is 0 Å². The molecule has 0 spiro atoms. The van der Waals surface area contributed by atoms with Gasteiger partial charge >= 0.3 is 12.1 Å². The number of halogens is 1. The van der Waals surface area contributed by atoms with Crippen LogP contribution in [-0.4, -0.2) is 77.9 Å². The van der Waals surface area contributed by atoms with Gasteiger partial charge in [-0.2, -0.15) is 0 Å². The molecule has 2 unspecified atom stereocenters. The first-order valence-electron chi connectivity index (χ1n) is 11.6. The van der Waals surface area contributed by atoms with Crippen molar-refractivity contribution >= 4 is 23.7 Å². The summed E-state index contributed by atoms with van der Waals surface area (Å²) in [5.74, 6) is 0.396. The Kier molecular flexibility index (Phi) is 6.86. The smallest absolute Gasteiger partial charge is 0.410 e. The van der Waals surface area contributed by atoms with Crippen LogP contribution >= 0.6 is 11.6 Å². The summed E-state index contributed by atoms with van der Waals surface area (Å²) in [6.45, 7) is 9.67. The molecule has 8 heteroatoms. The van der Waals surface area contributed by atoms with E-state index in [-0.39, 0.29) is 24.2 Å². The highest BCUT2D eigenvalue weighted by atomic mass is 35.5. The van der Waals surface area contributed by atoms with Gasteiger partial charge in [0.15, 0.2) is 0 Å². The number of rotatable bonds is 4. The summed E-state index contributed by atoms with van der Waals surface area (Å²) in [5.41, 5.74) is 0.548. The van der Waals surface area contributed by atoms with Crippen LogP contribution < -0.4 is 0 Å². The zero-order valence-corrected chi connectivity index (χ0v) is 20.0. The summed E-state index contributed by atoms with van der Waals surface area (Å²) >= 11 is 6.28. The minimum Gasteiger partial charge on any atom is -0.444 e. The fraction of sp³-hybridized carbons (Fsp3) is 0.667. The Labute approximate surface area is 195 Å². The third-order valence-electron chi connectivity index (χ3n) is 6.47.